The number of nitrogens with one attached hydrogen (secondary N) is 1. The van der Waals surface area contributed by atoms with Crippen LogP contribution in [0.25, 0.3) is 0 Å². The highest BCUT2D eigenvalue weighted by Crippen LogP contribution is 2.54. The van der Waals surface area contributed by atoms with E-state index in [1.807, 2.05) is 0 Å². The highest BCUT2D eigenvalue weighted by molar-refractivity contribution is 5.22. The number of rotatable bonds is 0. The van der Waals surface area contributed by atoms with Crippen LogP contribution in [0, 0.1) is 0 Å². The van der Waals surface area contributed by atoms with Crippen molar-refractivity contribution in [2.24, 2.45) is 0 Å². The second-order valence-corrected chi connectivity index (χ2v) is 4.74. The third kappa shape index (κ3) is 0.744. The van der Waals surface area contributed by atoms with Gasteiger partial charge in [0.25, 0.3) is 0 Å². The molecule has 11 heavy (non-hydrogen) atoms. The van der Waals surface area contributed by atoms with Gasteiger partial charge in [-0.15, -0.1) is 0 Å². The average Bonchev–Trinajstić information content (AvgIpc) is 2.33. The first-order valence-corrected chi connectivity index (χ1v) is 4.55. The molecule has 2 saturated heterocycles. The predicted molar refractivity (Wildman–Crippen MR) is 46.2 cm³/mol. The van der Waals surface area contributed by atoms with E-state index in [-0.39, 0.29) is 0 Å². The van der Waals surface area contributed by atoms with Crippen molar-refractivity contribution < 1.29 is 0 Å². The molecule has 0 aliphatic carbocycles. The Kier molecular flexibility index (Phi) is 1.24. The zero-order valence-electron chi connectivity index (χ0n) is 7.94. The largest absolute Gasteiger partial charge is 0.251 e. The average molecular weight is 154 g/mol. The Hall–Kier alpha value is -0.0800. The first-order chi connectivity index (χ1) is 4.98. The van der Waals surface area contributed by atoms with E-state index < -0.39 is 0 Å². The molecule has 0 aromatic rings. The fraction of sp³-hybridized carbons (Fsp3) is 1.00. The zero-order chi connectivity index (χ0) is 8.28. The molecule has 0 radical (unpaired) electrons. The molecule has 3 unspecified atom stereocenters. The number of hydrogen-bond acceptors (Lipinski definition) is 2. The minimum atomic E-state index is 0.387. The van der Waals surface area contributed by atoms with Crippen LogP contribution in [0.1, 0.15) is 40.5 Å². The lowest BCUT2D eigenvalue weighted by Gasteiger charge is -2.24. The minimum absolute atomic E-state index is 0.387. The Morgan fingerprint density at radius 3 is 2.45 bits per heavy atom. The van der Waals surface area contributed by atoms with Gasteiger partial charge in [-0.25, -0.2) is 5.01 Å². The Balaban J connectivity index is 2.16. The minimum Gasteiger partial charge on any atom is -0.251 e. The number of fused-ring (bicyclic) bond motifs is 1. The quantitative estimate of drug-likeness (QED) is 0.532. The first-order valence-electron chi connectivity index (χ1n) is 4.55. The zero-order valence-corrected chi connectivity index (χ0v) is 7.94. The van der Waals surface area contributed by atoms with Crippen LogP contribution in [-0.4, -0.2) is 22.1 Å². The van der Waals surface area contributed by atoms with E-state index >= 15 is 0 Å². The number of hydrogen-bond donors (Lipinski definition) is 1. The topological polar surface area (TPSA) is 15.0 Å². The second-order valence-electron chi connectivity index (χ2n) is 4.74. The second kappa shape index (κ2) is 1.80. The van der Waals surface area contributed by atoms with E-state index in [0.717, 1.165) is 0 Å². The molecule has 2 nitrogen and oxygen atoms in total. The van der Waals surface area contributed by atoms with Gasteiger partial charge in [-0.2, -0.15) is 0 Å². The molecular weight excluding hydrogens is 136 g/mol. The Morgan fingerprint density at radius 1 is 1.36 bits per heavy atom. The normalized spacial score (nSPS) is 53.5. The molecule has 0 saturated carbocycles. The Bertz CT molecular complexity index is 188. The molecule has 0 aromatic heterocycles. The van der Waals surface area contributed by atoms with Gasteiger partial charge >= 0.3 is 0 Å². The maximum atomic E-state index is 3.52. The summed E-state index contributed by atoms with van der Waals surface area (Å²) in [6.07, 6.45) is 2.66. The molecule has 2 heterocycles. The van der Waals surface area contributed by atoms with Crippen LogP contribution in [0.4, 0.5) is 0 Å². The van der Waals surface area contributed by atoms with Gasteiger partial charge in [0.15, 0.2) is 0 Å². The summed E-state index contributed by atoms with van der Waals surface area (Å²) in [5.74, 6) is 0. The third-order valence-corrected chi connectivity index (χ3v) is 3.73. The lowest BCUT2D eigenvalue weighted by atomic mass is 9.91. The molecule has 0 bridgehead atoms. The van der Waals surface area contributed by atoms with E-state index in [4.69, 9.17) is 0 Å². The molecule has 3 atom stereocenters. The monoisotopic (exact) mass is 154 g/mol. The van der Waals surface area contributed by atoms with Gasteiger partial charge in [0.05, 0.1) is 5.54 Å². The van der Waals surface area contributed by atoms with Crippen LogP contribution in [0.2, 0.25) is 0 Å². The van der Waals surface area contributed by atoms with Crippen molar-refractivity contribution in [1.82, 2.24) is 10.4 Å². The van der Waals surface area contributed by atoms with Gasteiger partial charge in [-0.3, -0.25) is 5.43 Å². The van der Waals surface area contributed by atoms with Crippen LogP contribution >= 0.6 is 0 Å². The smallest absolute Gasteiger partial charge is 0.0525 e. The van der Waals surface area contributed by atoms with Crippen molar-refractivity contribution >= 4 is 0 Å². The summed E-state index contributed by atoms with van der Waals surface area (Å²) in [5.41, 5.74) is 4.35. The van der Waals surface area contributed by atoms with Gasteiger partial charge in [0, 0.05) is 11.6 Å². The lowest BCUT2D eigenvalue weighted by molar-refractivity contribution is 0.201. The van der Waals surface area contributed by atoms with E-state index in [0.29, 0.717) is 17.1 Å². The molecular formula is C9H18N2. The van der Waals surface area contributed by atoms with Crippen LogP contribution in [-0.2, 0) is 0 Å². The van der Waals surface area contributed by atoms with Crippen molar-refractivity contribution in [3.8, 4) is 0 Å². The number of nitrogens with zero attached hydrogens (tertiary/aromatic N) is 1. The third-order valence-electron chi connectivity index (χ3n) is 3.73. The first kappa shape index (κ1) is 7.56. The van der Waals surface area contributed by atoms with Crippen molar-refractivity contribution in [2.45, 2.75) is 57.7 Å². The molecule has 1 N–H and O–H groups in total. The van der Waals surface area contributed by atoms with Gasteiger partial charge < -0.3 is 0 Å². The summed E-state index contributed by atoms with van der Waals surface area (Å²) in [6, 6.07) is 0.671. The molecule has 0 spiro atoms. The van der Waals surface area contributed by atoms with Crippen molar-refractivity contribution in [3.63, 3.8) is 0 Å². The van der Waals surface area contributed by atoms with Gasteiger partial charge in [0.2, 0.25) is 0 Å². The van der Waals surface area contributed by atoms with Gasteiger partial charge in [-0.05, 0) is 40.5 Å². The van der Waals surface area contributed by atoms with Crippen molar-refractivity contribution in [2.75, 3.05) is 0 Å². The molecule has 0 aromatic carbocycles. The summed E-state index contributed by atoms with van der Waals surface area (Å²) < 4.78 is 0. The van der Waals surface area contributed by atoms with Crippen LogP contribution in [0.3, 0.4) is 0 Å². The maximum Gasteiger partial charge on any atom is 0.0525 e. The van der Waals surface area contributed by atoms with E-state index in [9.17, 15) is 0 Å². The molecule has 2 heteroatoms. The molecule has 2 aliphatic heterocycles. The summed E-state index contributed by atoms with van der Waals surface area (Å²) in [6.45, 7) is 9.25. The Morgan fingerprint density at radius 2 is 2.00 bits per heavy atom. The molecule has 0 amide bonds. The van der Waals surface area contributed by atoms with E-state index in [1.54, 1.807) is 0 Å². The van der Waals surface area contributed by atoms with Gasteiger partial charge in [-0.1, -0.05) is 0 Å². The van der Waals surface area contributed by atoms with Crippen molar-refractivity contribution in [1.29, 1.82) is 0 Å². The summed E-state index contributed by atoms with van der Waals surface area (Å²) in [5, 5.41) is 2.41. The van der Waals surface area contributed by atoms with Crippen LogP contribution in [0.15, 0.2) is 0 Å². The fourth-order valence-corrected chi connectivity index (χ4v) is 2.33. The van der Waals surface area contributed by atoms with E-state index in [2.05, 4.69) is 38.1 Å². The predicted octanol–water partition coefficient (Wildman–Crippen LogP) is 1.53. The van der Waals surface area contributed by atoms with Crippen molar-refractivity contribution in [3.05, 3.63) is 0 Å². The standard InChI is InChI=1S/C9H18N2/c1-7-5-6-9(4)8(2,3)11(9)10-7/h7,10H,5-6H2,1-4H3. The summed E-state index contributed by atoms with van der Waals surface area (Å²) in [4.78, 5) is 0. The van der Waals surface area contributed by atoms with Crippen LogP contribution in [0.5, 0.6) is 0 Å². The number of hydrazine groups is 1. The fourth-order valence-electron chi connectivity index (χ4n) is 2.33. The molecule has 2 fully saturated rings. The molecule has 2 aliphatic rings. The Labute approximate surface area is 68.9 Å². The highest BCUT2D eigenvalue weighted by Gasteiger charge is 2.67. The van der Waals surface area contributed by atoms with Gasteiger partial charge in [0.1, 0.15) is 0 Å². The highest BCUT2D eigenvalue weighted by atomic mass is 15.7. The van der Waals surface area contributed by atoms with Crippen LogP contribution < -0.4 is 5.43 Å². The molecule has 64 valence electrons. The summed E-state index contributed by atoms with van der Waals surface area (Å²) >= 11 is 0. The molecule has 2 rings (SSSR count). The van der Waals surface area contributed by atoms with E-state index in [1.165, 1.54) is 12.8 Å². The SMILES string of the molecule is CC1CCC2(C)N(N1)C2(C)C. The lowest BCUT2D eigenvalue weighted by Crippen LogP contribution is -2.40. The maximum absolute atomic E-state index is 3.52. The summed E-state index contributed by atoms with van der Waals surface area (Å²) in [7, 11) is 0.